The van der Waals surface area contributed by atoms with Crippen LogP contribution in [0.5, 0.6) is 5.75 Å². The fraction of sp³-hybridized carbons (Fsp3) is 0.400. The number of ether oxygens (including phenoxy) is 2. The molecule has 4 nitrogen and oxygen atoms in total. The van der Waals surface area contributed by atoms with E-state index in [9.17, 15) is 31.1 Å². The largest absolute Gasteiger partial charge is 0.494 e. The number of halogens is 6. The molecular formula is C10H7F6NO3. The zero-order chi connectivity index (χ0) is 15.7. The molecule has 0 atom stereocenters. The summed E-state index contributed by atoms with van der Waals surface area (Å²) in [6, 6.07) is 0.296. The molecule has 1 rings (SSSR count). The van der Waals surface area contributed by atoms with Crippen LogP contribution in [0.15, 0.2) is 6.07 Å². The second-order valence-corrected chi connectivity index (χ2v) is 3.42. The molecule has 0 aliphatic heterocycles. The first-order valence-electron chi connectivity index (χ1n) is 4.84. The molecule has 0 N–H and O–H groups in total. The number of aromatic nitrogens is 1. The average Bonchev–Trinajstić information content (AvgIpc) is 2.33. The highest BCUT2D eigenvalue weighted by Gasteiger charge is 2.44. The van der Waals surface area contributed by atoms with Gasteiger partial charge in [-0.1, -0.05) is 0 Å². The maximum atomic E-state index is 12.7. The Hall–Kier alpha value is -2.00. The Morgan fingerprint density at radius 3 is 1.90 bits per heavy atom. The van der Waals surface area contributed by atoms with Crippen LogP contribution in [-0.4, -0.2) is 25.2 Å². The first kappa shape index (κ1) is 16.1. The number of methoxy groups -OCH3 is 2. The van der Waals surface area contributed by atoms with Gasteiger partial charge in [0, 0.05) is 0 Å². The number of esters is 1. The van der Waals surface area contributed by atoms with Crippen LogP contribution < -0.4 is 4.74 Å². The highest BCUT2D eigenvalue weighted by Crippen LogP contribution is 2.39. The molecular weight excluding hydrogens is 296 g/mol. The van der Waals surface area contributed by atoms with Gasteiger partial charge in [0.15, 0.2) is 17.1 Å². The summed E-state index contributed by atoms with van der Waals surface area (Å²) < 4.78 is 84.2. The molecule has 0 bridgehead atoms. The van der Waals surface area contributed by atoms with Crippen LogP contribution in [0.1, 0.15) is 21.7 Å². The standard InChI is InChI=1S/C10H7F6NO3/c1-19-5-3-4(8(18)20-2)6(9(11,12)13)17-7(5)10(14,15)16/h3H,1-2H3. The molecule has 0 radical (unpaired) electrons. The lowest BCUT2D eigenvalue weighted by molar-refractivity contribution is -0.151. The van der Waals surface area contributed by atoms with Gasteiger partial charge in [-0.3, -0.25) is 0 Å². The molecule has 20 heavy (non-hydrogen) atoms. The Labute approximate surface area is 108 Å². The van der Waals surface area contributed by atoms with Crippen molar-refractivity contribution in [1.82, 2.24) is 4.98 Å². The molecule has 0 spiro atoms. The second-order valence-electron chi connectivity index (χ2n) is 3.42. The Balaban J connectivity index is 3.67. The quantitative estimate of drug-likeness (QED) is 0.622. The van der Waals surface area contributed by atoms with E-state index in [1.807, 2.05) is 0 Å². The van der Waals surface area contributed by atoms with Gasteiger partial charge in [-0.25, -0.2) is 9.78 Å². The Bertz CT molecular complexity index is 523. The zero-order valence-corrected chi connectivity index (χ0v) is 10.0. The molecule has 0 fully saturated rings. The van der Waals surface area contributed by atoms with Crippen molar-refractivity contribution in [3.8, 4) is 5.75 Å². The molecule has 0 saturated carbocycles. The number of alkyl halides is 6. The van der Waals surface area contributed by atoms with Crippen LogP contribution in [0.3, 0.4) is 0 Å². The molecule has 112 valence electrons. The minimum Gasteiger partial charge on any atom is -0.494 e. The molecule has 1 aromatic rings. The molecule has 0 amide bonds. The van der Waals surface area contributed by atoms with Crippen molar-refractivity contribution < 1.29 is 40.6 Å². The summed E-state index contributed by atoms with van der Waals surface area (Å²) in [7, 11) is 1.59. The molecule has 1 aromatic heterocycles. The Morgan fingerprint density at radius 2 is 1.55 bits per heavy atom. The molecule has 10 heteroatoms. The zero-order valence-electron chi connectivity index (χ0n) is 10.0. The predicted molar refractivity (Wildman–Crippen MR) is 52.1 cm³/mol. The van der Waals surface area contributed by atoms with E-state index in [4.69, 9.17) is 0 Å². The molecule has 0 saturated heterocycles. The van der Waals surface area contributed by atoms with Gasteiger partial charge in [-0.15, -0.1) is 0 Å². The van der Waals surface area contributed by atoms with E-state index in [0.29, 0.717) is 6.07 Å². The van der Waals surface area contributed by atoms with Gasteiger partial charge in [0.2, 0.25) is 0 Å². The topological polar surface area (TPSA) is 48.4 Å². The van der Waals surface area contributed by atoms with Crippen molar-refractivity contribution in [2.75, 3.05) is 14.2 Å². The highest BCUT2D eigenvalue weighted by atomic mass is 19.4. The van der Waals surface area contributed by atoms with Crippen molar-refractivity contribution in [3.63, 3.8) is 0 Å². The van der Waals surface area contributed by atoms with Gasteiger partial charge in [-0.2, -0.15) is 26.3 Å². The SMILES string of the molecule is COC(=O)c1cc(OC)c(C(F)(F)F)nc1C(F)(F)F. The summed E-state index contributed by atoms with van der Waals surface area (Å²) in [4.78, 5) is 13.7. The van der Waals surface area contributed by atoms with Gasteiger partial charge in [0.05, 0.1) is 19.8 Å². The van der Waals surface area contributed by atoms with Crippen molar-refractivity contribution in [2.45, 2.75) is 12.4 Å². The third-order valence-electron chi connectivity index (χ3n) is 2.15. The first-order valence-corrected chi connectivity index (χ1v) is 4.84. The van der Waals surface area contributed by atoms with Gasteiger partial charge < -0.3 is 9.47 Å². The molecule has 0 aliphatic carbocycles. The van der Waals surface area contributed by atoms with E-state index in [-0.39, 0.29) is 0 Å². The summed E-state index contributed by atoms with van der Waals surface area (Å²) in [5, 5.41) is 0. The van der Waals surface area contributed by atoms with E-state index in [1.165, 1.54) is 0 Å². The van der Waals surface area contributed by atoms with E-state index in [0.717, 1.165) is 14.2 Å². The minimum absolute atomic E-state index is 0.296. The van der Waals surface area contributed by atoms with Crippen LogP contribution in [0.25, 0.3) is 0 Å². The predicted octanol–water partition coefficient (Wildman–Crippen LogP) is 2.91. The number of nitrogens with zero attached hydrogens (tertiary/aromatic N) is 1. The normalized spacial score (nSPS) is 12.2. The fourth-order valence-electron chi connectivity index (χ4n) is 1.34. The van der Waals surface area contributed by atoms with E-state index in [1.54, 1.807) is 0 Å². The number of rotatable bonds is 2. The minimum atomic E-state index is -5.25. The van der Waals surface area contributed by atoms with Crippen LogP contribution in [-0.2, 0) is 17.1 Å². The lowest BCUT2D eigenvalue weighted by atomic mass is 10.1. The van der Waals surface area contributed by atoms with Gasteiger partial charge in [-0.05, 0) is 6.07 Å². The van der Waals surface area contributed by atoms with E-state index < -0.39 is 41.0 Å². The first-order chi connectivity index (χ1) is 9.02. The lowest BCUT2D eigenvalue weighted by Crippen LogP contribution is -2.21. The highest BCUT2D eigenvalue weighted by molar-refractivity contribution is 5.91. The lowest BCUT2D eigenvalue weighted by Gasteiger charge is -2.16. The van der Waals surface area contributed by atoms with Crippen molar-refractivity contribution in [1.29, 1.82) is 0 Å². The van der Waals surface area contributed by atoms with Crippen LogP contribution in [0.2, 0.25) is 0 Å². The number of hydrogen-bond donors (Lipinski definition) is 0. The fourth-order valence-corrected chi connectivity index (χ4v) is 1.34. The third-order valence-corrected chi connectivity index (χ3v) is 2.15. The van der Waals surface area contributed by atoms with Crippen LogP contribution in [0, 0.1) is 0 Å². The summed E-state index contributed by atoms with van der Waals surface area (Å²) in [5.74, 6) is -2.48. The van der Waals surface area contributed by atoms with Gasteiger partial charge >= 0.3 is 18.3 Å². The number of hydrogen-bond acceptors (Lipinski definition) is 4. The maximum absolute atomic E-state index is 12.7. The number of carbonyl (C=O) groups is 1. The average molecular weight is 303 g/mol. The molecule has 0 aromatic carbocycles. The maximum Gasteiger partial charge on any atom is 0.437 e. The van der Waals surface area contributed by atoms with Crippen LogP contribution in [0.4, 0.5) is 26.3 Å². The Kier molecular flexibility index (Phi) is 4.15. The summed E-state index contributed by atoms with van der Waals surface area (Å²) in [6.07, 6.45) is -10.4. The van der Waals surface area contributed by atoms with Crippen LogP contribution >= 0.6 is 0 Å². The van der Waals surface area contributed by atoms with Crippen molar-refractivity contribution >= 4 is 5.97 Å². The van der Waals surface area contributed by atoms with Gasteiger partial charge in [0.25, 0.3) is 0 Å². The summed E-state index contributed by atoms with van der Waals surface area (Å²) in [6.45, 7) is 0. The second kappa shape index (κ2) is 5.17. The monoisotopic (exact) mass is 303 g/mol. The van der Waals surface area contributed by atoms with Crippen molar-refractivity contribution in [2.24, 2.45) is 0 Å². The summed E-state index contributed by atoms with van der Waals surface area (Å²) >= 11 is 0. The smallest absolute Gasteiger partial charge is 0.437 e. The van der Waals surface area contributed by atoms with Crippen molar-refractivity contribution in [3.05, 3.63) is 23.0 Å². The van der Waals surface area contributed by atoms with E-state index >= 15 is 0 Å². The number of carbonyl (C=O) groups excluding carboxylic acids is 1. The van der Waals surface area contributed by atoms with E-state index in [2.05, 4.69) is 14.5 Å². The summed E-state index contributed by atoms with van der Waals surface area (Å²) in [5.41, 5.74) is -5.03. The van der Waals surface area contributed by atoms with Gasteiger partial charge in [0.1, 0.15) is 0 Å². The molecule has 1 heterocycles. The molecule has 0 unspecified atom stereocenters. The Morgan fingerprint density at radius 1 is 1.05 bits per heavy atom. The molecule has 0 aliphatic rings. The third kappa shape index (κ3) is 3.11. The number of pyridine rings is 1.